The molecule has 0 saturated carbocycles. The van der Waals surface area contributed by atoms with Crippen LogP contribution in [0.25, 0.3) is 0 Å². The van der Waals surface area contributed by atoms with E-state index in [2.05, 4.69) is 29.6 Å². The van der Waals surface area contributed by atoms with Crippen molar-refractivity contribution in [3.63, 3.8) is 0 Å². The molecule has 0 fully saturated rings. The van der Waals surface area contributed by atoms with Crippen molar-refractivity contribution >= 4 is 0 Å². The van der Waals surface area contributed by atoms with E-state index in [1.807, 2.05) is 0 Å². The van der Waals surface area contributed by atoms with Gasteiger partial charge in [-0.05, 0) is 50.3 Å². The van der Waals surface area contributed by atoms with Gasteiger partial charge >= 0.3 is 0 Å². The van der Waals surface area contributed by atoms with E-state index in [1.165, 1.54) is 17.5 Å². The Balaban J connectivity index is 1.90. The molecule has 94 valence electrons. The average Bonchev–Trinajstić information content (AvgIpc) is 2.52. The van der Waals surface area contributed by atoms with Crippen molar-refractivity contribution in [3.8, 4) is 5.75 Å². The third-order valence-corrected chi connectivity index (χ3v) is 4.53. The highest BCUT2D eigenvalue weighted by Gasteiger charge is 2.28. The topological polar surface area (TPSA) is 21.3 Å². The van der Waals surface area contributed by atoms with Crippen LogP contribution in [0, 0.1) is 0 Å². The summed E-state index contributed by atoms with van der Waals surface area (Å²) in [5.41, 5.74) is 4.50. The predicted octanol–water partition coefficient (Wildman–Crippen LogP) is 2.61. The summed E-state index contributed by atoms with van der Waals surface area (Å²) in [5.74, 6) is 1.14. The Hall–Kier alpha value is -1.28. The zero-order valence-corrected chi connectivity index (χ0v) is 10.6. The fourth-order valence-electron chi connectivity index (χ4n) is 3.52. The van der Waals surface area contributed by atoms with Crippen LogP contribution in [0.15, 0.2) is 29.8 Å². The van der Waals surface area contributed by atoms with Gasteiger partial charge in [-0.3, -0.25) is 0 Å². The molecule has 3 bridgehead atoms. The standard InChI is InChI=1S/C16H19NO/c1-4-12-9-14-11-3-2-6-16(14)18-13(5-1)7-8-17-15(12)10-11/h2-4,6,13,15,17H,1,5,7-10H2/b12-4+/t13-,15+/m0/s1. The van der Waals surface area contributed by atoms with Crippen molar-refractivity contribution in [1.82, 2.24) is 5.32 Å². The van der Waals surface area contributed by atoms with Crippen LogP contribution in [0.1, 0.15) is 30.4 Å². The highest BCUT2D eigenvalue weighted by molar-refractivity contribution is 5.47. The molecule has 2 nitrogen and oxygen atoms in total. The van der Waals surface area contributed by atoms with Crippen molar-refractivity contribution in [2.75, 3.05) is 6.54 Å². The van der Waals surface area contributed by atoms with Crippen LogP contribution in [0.2, 0.25) is 0 Å². The maximum atomic E-state index is 6.27. The third-order valence-electron chi connectivity index (χ3n) is 4.53. The minimum absolute atomic E-state index is 0.374. The largest absolute Gasteiger partial charge is 0.490 e. The maximum Gasteiger partial charge on any atom is 0.123 e. The van der Waals surface area contributed by atoms with E-state index in [0.717, 1.165) is 38.0 Å². The molecule has 0 spiro atoms. The summed E-state index contributed by atoms with van der Waals surface area (Å²) in [4.78, 5) is 0. The van der Waals surface area contributed by atoms with Gasteiger partial charge in [-0.15, -0.1) is 0 Å². The molecule has 4 rings (SSSR count). The van der Waals surface area contributed by atoms with Gasteiger partial charge in [0.05, 0.1) is 0 Å². The van der Waals surface area contributed by atoms with Gasteiger partial charge in [0.1, 0.15) is 11.9 Å². The smallest absolute Gasteiger partial charge is 0.123 e. The van der Waals surface area contributed by atoms with E-state index in [0.29, 0.717) is 12.1 Å². The molecule has 0 unspecified atom stereocenters. The van der Waals surface area contributed by atoms with Crippen molar-refractivity contribution in [2.45, 2.75) is 44.2 Å². The van der Waals surface area contributed by atoms with E-state index < -0.39 is 0 Å². The number of ether oxygens (including phenoxy) is 1. The van der Waals surface area contributed by atoms with Crippen LogP contribution in [0.5, 0.6) is 5.75 Å². The second-order valence-electron chi connectivity index (χ2n) is 5.67. The van der Waals surface area contributed by atoms with Gasteiger partial charge in [-0.1, -0.05) is 23.8 Å². The zero-order valence-electron chi connectivity index (χ0n) is 10.6. The Morgan fingerprint density at radius 1 is 1.22 bits per heavy atom. The number of nitrogens with one attached hydrogen (secondary N) is 1. The molecule has 0 aromatic heterocycles. The first-order chi connectivity index (χ1) is 8.90. The molecule has 1 N–H and O–H groups in total. The molecule has 0 amide bonds. The van der Waals surface area contributed by atoms with Gasteiger partial charge in [0.15, 0.2) is 0 Å². The second kappa shape index (κ2) is 4.13. The first-order valence-electron chi connectivity index (χ1n) is 7.10. The highest BCUT2D eigenvalue weighted by atomic mass is 16.5. The quantitative estimate of drug-likeness (QED) is 0.705. The first kappa shape index (κ1) is 10.6. The molecule has 1 aliphatic carbocycles. The molecule has 2 heteroatoms. The molecular weight excluding hydrogens is 222 g/mol. The lowest BCUT2D eigenvalue weighted by Gasteiger charge is -2.32. The lowest BCUT2D eigenvalue weighted by Crippen LogP contribution is -2.39. The van der Waals surface area contributed by atoms with Crippen molar-refractivity contribution < 1.29 is 4.74 Å². The third kappa shape index (κ3) is 1.67. The van der Waals surface area contributed by atoms with Crippen LogP contribution in [0.3, 0.4) is 0 Å². The maximum absolute atomic E-state index is 6.27. The molecule has 1 aromatic rings. The predicted molar refractivity (Wildman–Crippen MR) is 72.0 cm³/mol. The van der Waals surface area contributed by atoms with Gasteiger partial charge in [0.2, 0.25) is 0 Å². The number of hydrogen-bond acceptors (Lipinski definition) is 2. The molecule has 2 atom stereocenters. The lowest BCUT2D eigenvalue weighted by atomic mass is 9.83. The van der Waals surface area contributed by atoms with Gasteiger partial charge in [-0.2, -0.15) is 0 Å². The molecule has 2 heterocycles. The lowest BCUT2D eigenvalue weighted by molar-refractivity contribution is 0.177. The molecule has 18 heavy (non-hydrogen) atoms. The summed E-state index contributed by atoms with van der Waals surface area (Å²) in [6.45, 7) is 1.08. The minimum atomic E-state index is 0.374. The van der Waals surface area contributed by atoms with Crippen LogP contribution in [-0.2, 0) is 12.8 Å². The highest BCUT2D eigenvalue weighted by Crippen LogP contribution is 2.35. The Morgan fingerprint density at radius 2 is 2.22 bits per heavy atom. The van der Waals surface area contributed by atoms with E-state index in [9.17, 15) is 0 Å². The van der Waals surface area contributed by atoms with Gasteiger partial charge in [-0.25, -0.2) is 0 Å². The molecule has 0 radical (unpaired) electrons. The summed E-state index contributed by atoms with van der Waals surface area (Å²) < 4.78 is 6.27. The minimum Gasteiger partial charge on any atom is -0.490 e. The zero-order chi connectivity index (χ0) is 11.9. The van der Waals surface area contributed by atoms with Gasteiger partial charge in [0.25, 0.3) is 0 Å². The summed E-state index contributed by atoms with van der Waals surface area (Å²) in [7, 11) is 0. The fraction of sp³-hybridized carbons (Fsp3) is 0.500. The SMILES string of the molecule is C1=C2\Cc3c4cccc3O[C@@H](CC/1)CCN[C@@H]2C4. The Kier molecular flexibility index (Phi) is 2.44. The van der Waals surface area contributed by atoms with Crippen LogP contribution in [0.4, 0.5) is 0 Å². The van der Waals surface area contributed by atoms with Crippen LogP contribution >= 0.6 is 0 Å². The Bertz CT molecular complexity index is 506. The van der Waals surface area contributed by atoms with E-state index in [1.54, 1.807) is 5.57 Å². The van der Waals surface area contributed by atoms with Gasteiger partial charge in [0, 0.05) is 11.6 Å². The number of fused-ring (bicyclic) bond motifs is 3. The summed E-state index contributed by atoms with van der Waals surface area (Å²) in [6.07, 6.45) is 8.49. The average molecular weight is 241 g/mol. The molecule has 0 saturated heterocycles. The van der Waals surface area contributed by atoms with Crippen LogP contribution in [-0.4, -0.2) is 18.7 Å². The van der Waals surface area contributed by atoms with Crippen LogP contribution < -0.4 is 10.1 Å². The van der Waals surface area contributed by atoms with E-state index in [4.69, 9.17) is 4.74 Å². The van der Waals surface area contributed by atoms with E-state index in [-0.39, 0.29) is 0 Å². The van der Waals surface area contributed by atoms with E-state index >= 15 is 0 Å². The molecule has 2 aliphatic heterocycles. The number of hydrogen-bond donors (Lipinski definition) is 1. The van der Waals surface area contributed by atoms with Gasteiger partial charge < -0.3 is 10.1 Å². The van der Waals surface area contributed by atoms with Crippen molar-refractivity contribution in [3.05, 3.63) is 41.0 Å². The Labute approximate surface area is 108 Å². The summed E-state index contributed by atoms with van der Waals surface area (Å²) in [6, 6.07) is 7.13. The normalized spacial score (nSPS) is 32.3. The number of rotatable bonds is 0. The second-order valence-corrected chi connectivity index (χ2v) is 5.67. The first-order valence-corrected chi connectivity index (χ1v) is 7.10. The number of allylic oxidation sites excluding steroid dienone is 1. The number of benzene rings is 1. The Morgan fingerprint density at radius 3 is 3.22 bits per heavy atom. The monoisotopic (exact) mass is 241 g/mol. The summed E-state index contributed by atoms with van der Waals surface area (Å²) in [5, 5.41) is 3.72. The molecule has 1 aromatic carbocycles. The van der Waals surface area contributed by atoms with Crippen molar-refractivity contribution in [1.29, 1.82) is 0 Å². The van der Waals surface area contributed by atoms with Crippen molar-refractivity contribution in [2.24, 2.45) is 0 Å². The molecule has 3 aliphatic rings. The molecular formula is C16H19NO. The fourth-order valence-corrected chi connectivity index (χ4v) is 3.52. The summed E-state index contributed by atoms with van der Waals surface area (Å²) >= 11 is 0.